The number of aryl methyl sites for hydroxylation is 2. The number of nitrogens with one attached hydrogen (secondary N) is 1. The van der Waals surface area contributed by atoms with E-state index in [9.17, 15) is 18.7 Å². The van der Waals surface area contributed by atoms with Gasteiger partial charge in [0.2, 0.25) is 0 Å². The van der Waals surface area contributed by atoms with Crippen LogP contribution in [0.1, 0.15) is 22.3 Å². The molecule has 0 aromatic heterocycles. The van der Waals surface area contributed by atoms with Crippen molar-refractivity contribution >= 4 is 5.97 Å². The van der Waals surface area contributed by atoms with Crippen LogP contribution >= 0.6 is 0 Å². The molecule has 0 amide bonds. The predicted octanol–water partition coefficient (Wildman–Crippen LogP) is 3.69. The summed E-state index contributed by atoms with van der Waals surface area (Å²) < 4.78 is 29.4. The number of rotatable bonds is 8. The van der Waals surface area contributed by atoms with Crippen LogP contribution in [-0.4, -0.2) is 23.7 Å². The first-order valence-electron chi connectivity index (χ1n) is 7.92. The normalized spacial score (nSPS) is 12.2. The van der Waals surface area contributed by atoms with Crippen molar-refractivity contribution < 1.29 is 23.4 Å². The van der Waals surface area contributed by atoms with Crippen LogP contribution in [0.3, 0.4) is 0 Å². The van der Waals surface area contributed by atoms with Crippen molar-refractivity contribution in [3.8, 4) is 5.75 Å². The first-order valence-corrected chi connectivity index (χ1v) is 7.92. The summed E-state index contributed by atoms with van der Waals surface area (Å²) in [6, 6.07) is 12.1. The fourth-order valence-corrected chi connectivity index (χ4v) is 2.75. The Kier molecular flexibility index (Phi) is 6.47. The third-order valence-corrected chi connectivity index (χ3v) is 3.86. The van der Waals surface area contributed by atoms with Crippen LogP contribution in [0.4, 0.5) is 8.78 Å². The van der Waals surface area contributed by atoms with Gasteiger partial charge in [-0.1, -0.05) is 42.5 Å². The molecular weight excluding hydrogens is 328 g/mol. The maximum absolute atomic E-state index is 12.4. The maximum Gasteiger partial charge on any atom is 0.387 e. The molecule has 0 aliphatic heterocycles. The van der Waals surface area contributed by atoms with Gasteiger partial charge in [0.1, 0.15) is 11.8 Å². The molecule has 25 heavy (non-hydrogen) atoms. The summed E-state index contributed by atoms with van der Waals surface area (Å²) in [7, 11) is 0. The Morgan fingerprint density at radius 1 is 1.12 bits per heavy atom. The van der Waals surface area contributed by atoms with E-state index in [1.165, 1.54) is 0 Å². The van der Waals surface area contributed by atoms with Gasteiger partial charge in [-0.05, 0) is 42.5 Å². The molecule has 0 aliphatic rings. The highest BCUT2D eigenvalue weighted by Gasteiger charge is 2.18. The zero-order valence-corrected chi connectivity index (χ0v) is 14.1. The third kappa shape index (κ3) is 5.53. The van der Waals surface area contributed by atoms with E-state index in [1.807, 2.05) is 30.3 Å². The summed E-state index contributed by atoms with van der Waals surface area (Å²) in [6.45, 7) is 0.823. The molecule has 0 saturated heterocycles. The Balaban J connectivity index is 2.06. The van der Waals surface area contributed by atoms with E-state index in [1.54, 1.807) is 26.0 Å². The van der Waals surface area contributed by atoms with Crippen molar-refractivity contribution in [2.75, 3.05) is 0 Å². The lowest BCUT2D eigenvalue weighted by molar-refractivity contribution is -0.139. The van der Waals surface area contributed by atoms with Gasteiger partial charge in [0, 0.05) is 6.54 Å². The zero-order valence-electron chi connectivity index (χ0n) is 14.1. The van der Waals surface area contributed by atoms with E-state index in [-0.39, 0.29) is 5.75 Å². The number of aliphatic carboxylic acids is 1. The van der Waals surface area contributed by atoms with E-state index < -0.39 is 18.6 Å². The van der Waals surface area contributed by atoms with Crippen LogP contribution in [0.25, 0.3) is 0 Å². The first-order chi connectivity index (χ1) is 11.9. The van der Waals surface area contributed by atoms with Gasteiger partial charge in [0.05, 0.1) is 0 Å². The number of alkyl halides is 2. The van der Waals surface area contributed by atoms with Gasteiger partial charge in [-0.2, -0.15) is 8.78 Å². The minimum Gasteiger partial charge on any atom is -0.480 e. The second-order valence-electron chi connectivity index (χ2n) is 5.90. The van der Waals surface area contributed by atoms with Gasteiger partial charge in [0.25, 0.3) is 0 Å². The molecule has 2 N–H and O–H groups in total. The molecule has 134 valence electrons. The Bertz CT molecular complexity index is 697. The predicted molar refractivity (Wildman–Crippen MR) is 91.0 cm³/mol. The lowest BCUT2D eigenvalue weighted by atomic mass is 10.0. The van der Waals surface area contributed by atoms with Crippen LogP contribution in [0, 0.1) is 13.8 Å². The summed E-state index contributed by atoms with van der Waals surface area (Å²) in [4.78, 5) is 11.5. The number of carboxylic acid groups (broad SMARTS) is 1. The van der Waals surface area contributed by atoms with E-state index >= 15 is 0 Å². The fraction of sp³-hybridized carbons (Fsp3) is 0.316. The quantitative estimate of drug-likeness (QED) is 0.763. The maximum atomic E-state index is 12.4. The summed E-state index contributed by atoms with van der Waals surface area (Å²) in [5.74, 6) is -0.771. The number of ether oxygens (including phenoxy) is 1. The van der Waals surface area contributed by atoms with Crippen LogP contribution in [0.15, 0.2) is 42.5 Å². The lowest BCUT2D eigenvalue weighted by Crippen LogP contribution is -2.38. The van der Waals surface area contributed by atoms with Crippen LogP contribution in [-0.2, 0) is 17.8 Å². The molecule has 0 fully saturated rings. The van der Waals surface area contributed by atoms with E-state index in [2.05, 4.69) is 10.1 Å². The van der Waals surface area contributed by atoms with E-state index in [0.717, 1.165) is 11.1 Å². The molecule has 0 spiro atoms. The Morgan fingerprint density at radius 3 is 2.24 bits per heavy atom. The van der Waals surface area contributed by atoms with Crippen molar-refractivity contribution in [3.63, 3.8) is 0 Å². The third-order valence-electron chi connectivity index (χ3n) is 3.86. The number of hydrogen-bond acceptors (Lipinski definition) is 3. The summed E-state index contributed by atoms with van der Waals surface area (Å²) in [6.07, 6.45) is 0.362. The summed E-state index contributed by atoms with van der Waals surface area (Å²) in [5.41, 5.74) is 2.92. The number of benzene rings is 2. The average molecular weight is 349 g/mol. The minimum absolute atomic E-state index is 0.165. The molecule has 6 heteroatoms. The van der Waals surface area contributed by atoms with Crippen LogP contribution in [0.5, 0.6) is 5.75 Å². The largest absolute Gasteiger partial charge is 0.480 e. The minimum atomic E-state index is -2.87. The monoisotopic (exact) mass is 349 g/mol. The highest BCUT2D eigenvalue weighted by atomic mass is 19.3. The smallest absolute Gasteiger partial charge is 0.387 e. The second kappa shape index (κ2) is 8.58. The molecular formula is C19H21F2NO3. The van der Waals surface area contributed by atoms with Crippen molar-refractivity contribution in [1.29, 1.82) is 0 Å². The summed E-state index contributed by atoms with van der Waals surface area (Å²) in [5, 5.41) is 12.4. The molecule has 0 unspecified atom stereocenters. The molecule has 2 aromatic carbocycles. The molecule has 0 saturated carbocycles. The standard InChI is InChI=1S/C19H21F2NO3/c1-12-8-15(9-13(2)17(12)25-19(20)21)11-22-16(18(23)24)10-14-6-4-3-5-7-14/h3-9,16,19,22H,10-11H2,1-2H3,(H,23,24)/t16-/m0/s1. The number of carboxylic acids is 1. The Hall–Kier alpha value is -2.47. The second-order valence-corrected chi connectivity index (χ2v) is 5.90. The molecule has 2 rings (SSSR count). The molecule has 2 aromatic rings. The zero-order chi connectivity index (χ0) is 18.4. The highest BCUT2D eigenvalue weighted by molar-refractivity contribution is 5.73. The number of halogens is 2. The van der Waals surface area contributed by atoms with Gasteiger partial charge in [-0.15, -0.1) is 0 Å². The van der Waals surface area contributed by atoms with E-state index in [4.69, 9.17) is 0 Å². The molecule has 1 atom stereocenters. The topological polar surface area (TPSA) is 58.6 Å². The average Bonchev–Trinajstić information content (AvgIpc) is 2.55. The van der Waals surface area contributed by atoms with Crippen molar-refractivity contribution in [1.82, 2.24) is 5.32 Å². The molecule has 0 bridgehead atoms. The number of carbonyl (C=O) groups is 1. The first kappa shape index (κ1) is 18.9. The van der Waals surface area contributed by atoms with E-state index in [0.29, 0.717) is 24.1 Å². The Labute approximate surface area is 145 Å². The summed E-state index contributed by atoms with van der Waals surface area (Å²) >= 11 is 0. The molecule has 0 aliphatic carbocycles. The van der Waals surface area contributed by atoms with Gasteiger partial charge in [0.15, 0.2) is 0 Å². The molecule has 4 nitrogen and oxygen atoms in total. The number of hydrogen-bond donors (Lipinski definition) is 2. The van der Waals surface area contributed by atoms with Gasteiger partial charge in [-0.25, -0.2) is 0 Å². The van der Waals surface area contributed by atoms with Crippen LogP contribution < -0.4 is 10.1 Å². The van der Waals surface area contributed by atoms with Crippen molar-refractivity contribution in [2.24, 2.45) is 0 Å². The van der Waals surface area contributed by atoms with Gasteiger partial charge >= 0.3 is 12.6 Å². The van der Waals surface area contributed by atoms with Gasteiger partial charge in [-0.3, -0.25) is 4.79 Å². The molecule has 0 radical (unpaired) electrons. The highest BCUT2D eigenvalue weighted by Crippen LogP contribution is 2.26. The SMILES string of the molecule is Cc1cc(CN[C@@H](Cc2ccccc2)C(=O)O)cc(C)c1OC(F)F. The molecule has 0 heterocycles. The Morgan fingerprint density at radius 2 is 1.72 bits per heavy atom. The van der Waals surface area contributed by atoms with Crippen molar-refractivity contribution in [2.45, 2.75) is 39.5 Å². The van der Waals surface area contributed by atoms with Gasteiger partial charge < -0.3 is 15.2 Å². The van der Waals surface area contributed by atoms with Crippen LogP contribution in [0.2, 0.25) is 0 Å². The lowest BCUT2D eigenvalue weighted by Gasteiger charge is -2.17. The fourth-order valence-electron chi connectivity index (χ4n) is 2.75. The van der Waals surface area contributed by atoms with Crippen molar-refractivity contribution in [3.05, 3.63) is 64.7 Å².